The van der Waals surface area contributed by atoms with E-state index in [0.29, 0.717) is 18.3 Å². The van der Waals surface area contributed by atoms with Gasteiger partial charge in [0, 0.05) is 19.9 Å². The Kier molecular flexibility index (Phi) is 4.39. The van der Waals surface area contributed by atoms with Gasteiger partial charge in [-0.2, -0.15) is 4.98 Å². The van der Waals surface area contributed by atoms with E-state index < -0.39 is 0 Å². The normalized spacial score (nSPS) is 12.9. The zero-order valence-corrected chi connectivity index (χ0v) is 13.5. The first-order chi connectivity index (χ1) is 10.7. The lowest BCUT2D eigenvalue weighted by Gasteiger charge is -2.08. The largest absolute Gasteiger partial charge is 0.377 e. The molecule has 3 rings (SSSR count). The fourth-order valence-electron chi connectivity index (χ4n) is 2.18. The molecule has 22 heavy (non-hydrogen) atoms. The molecular formula is C14H17N5O2S. The highest BCUT2D eigenvalue weighted by Gasteiger charge is 2.19. The lowest BCUT2D eigenvalue weighted by molar-refractivity contribution is 0.174. The van der Waals surface area contributed by atoms with Crippen molar-refractivity contribution in [1.82, 2.24) is 24.7 Å². The summed E-state index contributed by atoms with van der Waals surface area (Å²) in [5.74, 6) is 1.13. The standard InChI is InChI=1S/C14H17N5O2S/c1-4-19-11-5-6-15-7-10(11)16-14(19)22-9(2)13-17-12(8-20-3)18-21-13/h5-7,9H,4,8H2,1-3H3. The van der Waals surface area contributed by atoms with Gasteiger partial charge in [-0.3, -0.25) is 4.98 Å². The molecule has 0 radical (unpaired) electrons. The number of hydrogen-bond donors (Lipinski definition) is 0. The smallest absolute Gasteiger partial charge is 0.240 e. The first-order valence-corrected chi connectivity index (χ1v) is 7.89. The van der Waals surface area contributed by atoms with Gasteiger partial charge in [0.1, 0.15) is 12.1 Å². The maximum Gasteiger partial charge on any atom is 0.240 e. The third kappa shape index (κ3) is 2.84. The Bertz CT molecular complexity index is 770. The average molecular weight is 319 g/mol. The first-order valence-electron chi connectivity index (χ1n) is 7.01. The van der Waals surface area contributed by atoms with E-state index in [1.165, 1.54) is 0 Å². The average Bonchev–Trinajstić information content (AvgIpc) is 3.11. The molecule has 0 aromatic carbocycles. The maximum absolute atomic E-state index is 5.29. The molecule has 0 spiro atoms. The Morgan fingerprint density at radius 3 is 3.05 bits per heavy atom. The minimum absolute atomic E-state index is 0.00757. The van der Waals surface area contributed by atoms with Gasteiger partial charge >= 0.3 is 0 Å². The van der Waals surface area contributed by atoms with Crippen LogP contribution in [0, 0.1) is 0 Å². The summed E-state index contributed by atoms with van der Waals surface area (Å²) in [5.41, 5.74) is 1.97. The van der Waals surface area contributed by atoms with E-state index in [2.05, 4.69) is 31.6 Å². The van der Waals surface area contributed by atoms with Gasteiger partial charge in [-0.25, -0.2) is 4.98 Å². The summed E-state index contributed by atoms with van der Waals surface area (Å²) in [6.45, 7) is 5.31. The second-order valence-corrected chi connectivity index (χ2v) is 6.05. The van der Waals surface area contributed by atoms with Crippen molar-refractivity contribution in [2.75, 3.05) is 7.11 Å². The Hall–Kier alpha value is -1.93. The minimum atomic E-state index is 0.00757. The van der Waals surface area contributed by atoms with Gasteiger partial charge in [-0.1, -0.05) is 16.9 Å². The van der Waals surface area contributed by atoms with Gasteiger partial charge in [-0.15, -0.1) is 0 Å². The second kappa shape index (κ2) is 6.45. The first kappa shape index (κ1) is 15.0. The Labute approximate surface area is 132 Å². The van der Waals surface area contributed by atoms with Gasteiger partial charge in [0.15, 0.2) is 11.0 Å². The van der Waals surface area contributed by atoms with Crippen LogP contribution in [0.5, 0.6) is 0 Å². The van der Waals surface area contributed by atoms with Gasteiger partial charge in [0.2, 0.25) is 5.89 Å². The van der Waals surface area contributed by atoms with Crippen LogP contribution in [0.3, 0.4) is 0 Å². The quantitative estimate of drug-likeness (QED) is 0.646. The molecule has 1 atom stereocenters. The number of methoxy groups -OCH3 is 1. The number of pyridine rings is 1. The van der Waals surface area contributed by atoms with Crippen LogP contribution in [0.1, 0.15) is 30.8 Å². The summed E-state index contributed by atoms with van der Waals surface area (Å²) in [5, 5.41) is 4.82. The molecule has 1 unspecified atom stereocenters. The molecule has 8 heteroatoms. The van der Waals surface area contributed by atoms with Crippen LogP contribution in [0.15, 0.2) is 28.1 Å². The van der Waals surface area contributed by atoms with E-state index in [-0.39, 0.29) is 5.25 Å². The van der Waals surface area contributed by atoms with Crippen molar-refractivity contribution >= 4 is 22.8 Å². The SMILES string of the molecule is CCn1c(SC(C)c2nc(COC)no2)nc2cnccc21. The Morgan fingerprint density at radius 2 is 2.27 bits per heavy atom. The number of imidazole rings is 1. The molecule has 7 nitrogen and oxygen atoms in total. The van der Waals surface area contributed by atoms with Crippen molar-refractivity contribution in [2.45, 2.75) is 37.4 Å². The molecule has 3 aromatic heterocycles. The summed E-state index contributed by atoms with van der Waals surface area (Å²) in [4.78, 5) is 13.1. The van der Waals surface area contributed by atoms with Crippen molar-refractivity contribution in [3.8, 4) is 0 Å². The van der Waals surface area contributed by atoms with Gasteiger partial charge in [0.05, 0.1) is 17.0 Å². The van der Waals surface area contributed by atoms with E-state index in [4.69, 9.17) is 9.26 Å². The van der Waals surface area contributed by atoms with Gasteiger partial charge in [0.25, 0.3) is 0 Å². The molecule has 3 heterocycles. The third-order valence-electron chi connectivity index (χ3n) is 3.22. The number of thioether (sulfide) groups is 1. The zero-order valence-electron chi connectivity index (χ0n) is 12.7. The predicted octanol–water partition coefficient (Wildman–Crippen LogP) is 2.83. The fraction of sp³-hybridized carbons (Fsp3) is 0.429. The molecule has 0 aliphatic heterocycles. The zero-order chi connectivity index (χ0) is 15.5. The molecule has 0 aliphatic carbocycles. The van der Waals surface area contributed by atoms with Crippen LogP contribution in [0.2, 0.25) is 0 Å². The number of aryl methyl sites for hydroxylation is 1. The summed E-state index contributed by atoms with van der Waals surface area (Å²) in [6.07, 6.45) is 3.56. The third-order valence-corrected chi connectivity index (χ3v) is 4.30. The van der Waals surface area contributed by atoms with E-state index in [1.807, 2.05) is 13.0 Å². The highest BCUT2D eigenvalue weighted by molar-refractivity contribution is 7.99. The number of fused-ring (bicyclic) bond motifs is 1. The summed E-state index contributed by atoms with van der Waals surface area (Å²) < 4.78 is 12.4. The summed E-state index contributed by atoms with van der Waals surface area (Å²) >= 11 is 1.59. The highest BCUT2D eigenvalue weighted by Crippen LogP contribution is 2.35. The molecule has 0 bridgehead atoms. The van der Waals surface area contributed by atoms with E-state index in [1.54, 1.807) is 31.3 Å². The lowest BCUT2D eigenvalue weighted by atomic mass is 10.4. The molecule has 0 amide bonds. The maximum atomic E-state index is 5.29. The molecule has 3 aromatic rings. The monoisotopic (exact) mass is 319 g/mol. The molecular weight excluding hydrogens is 302 g/mol. The molecule has 0 fully saturated rings. The van der Waals surface area contributed by atoms with Crippen molar-refractivity contribution in [2.24, 2.45) is 0 Å². The van der Waals surface area contributed by atoms with Crippen LogP contribution < -0.4 is 0 Å². The molecule has 0 saturated carbocycles. The Balaban J connectivity index is 1.85. The molecule has 0 N–H and O–H groups in total. The second-order valence-electron chi connectivity index (χ2n) is 4.74. The van der Waals surface area contributed by atoms with Crippen molar-refractivity contribution in [1.29, 1.82) is 0 Å². The number of nitrogens with zero attached hydrogens (tertiary/aromatic N) is 5. The van der Waals surface area contributed by atoms with Crippen LogP contribution >= 0.6 is 11.8 Å². The summed E-state index contributed by atoms with van der Waals surface area (Å²) in [7, 11) is 1.60. The number of ether oxygens (including phenoxy) is 1. The number of rotatable bonds is 6. The van der Waals surface area contributed by atoms with Crippen molar-refractivity contribution in [3.63, 3.8) is 0 Å². The fourth-order valence-corrected chi connectivity index (χ4v) is 3.20. The van der Waals surface area contributed by atoms with Crippen molar-refractivity contribution < 1.29 is 9.26 Å². The summed E-state index contributed by atoms with van der Waals surface area (Å²) in [6, 6.07) is 1.98. The van der Waals surface area contributed by atoms with Crippen LogP contribution in [-0.4, -0.2) is 31.8 Å². The number of aromatic nitrogens is 5. The topological polar surface area (TPSA) is 78.9 Å². The lowest BCUT2D eigenvalue weighted by Crippen LogP contribution is -1.99. The van der Waals surface area contributed by atoms with Crippen molar-refractivity contribution in [3.05, 3.63) is 30.2 Å². The van der Waals surface area contributed by atoms with Gasteiger partial charge < -0.3 is 13.8 Å². The molecule has 116 valence electrons. The highest BCUT2D eigenvalue weighted by atomic mass is 32.2. The predicted molar refractivity (Wildman–Crippen MR) is 82.5 cm³/mol. The molecule has 0 saturated heterocycles. The van der Waals surface area contributed by atoms with E-state index in [9.17, 15) is 0 Å². The van der Waals surface area contributed by atoms with Gasteiger partial charge in [-0.05, 0) is 19.9 Å². The van der Waals surface area contributed by atoms with E-state index in [0.717, 1.165) is 22.7 Å². The Morgan fingerprint density at radius 1 is 1.41 bits per heavy atom. The number of hydrogen-bond acceptors (Lipinski definition) is 7. The van der Waals surface area contributed by atoms with Crippen LogP contribution in [-0.2, 0) is 17.9 Å². The van der Waals surface area contributed by atoms with Crippen LogP contribution in [0.25, 0.3) is 11.0 Å². The van der Waals surface area contributed by atoms with Crippen LogP contribution in [0.4, 0.5) is 0 Å². The minimum Gasteiger partial charge on any atom is -0.377 e. The van der Waals surface area contributed by atoms with E-state index >= 15 is 0 Å². The molecule has 0 aliphatic rings.